The van der Waals surface area contributed by atoms with Crippen molar-refractivity contribution in [2.24, 2.45) is 0 Å². The Morgan fingerprint density at radius 2 is 1.16 bits per heavy atom. The molecule has 5 heteroatoms. The Bertz CT molecular complexity index is 800. The Balaban J connectivity index is 1.71. The molecule has 31 heavy (non-hydrogen) atoms. The summed E-state index contributed by atoms with van der Waals surface area (Å²) >= 11 is 4.23. The molecular weight excluding hydrogens is 406 g/mol. The molecule has 0 aliphatic carbocycles. The molecule has 0 aliphatic rings. The standard InChI is InChI=1S/C26H35NO3S/c1-27(2)24-17-15-22(16-18-24)25(28)21-11-13-23(14-12-21)26(29)30-19-9-7-5-3-4-6-8-10-20-31/h11-18,31H,3-10,19-20H2,1-2H3. The van der Waals surface area contributed by atoms with Gasteiger partial charge >= 0.3 is 5.97 Å². The van der Waals surface area contributed by atoms with Gasteiger partial charge in [0.15, 0.2) is 5.78 Å². The van der Waals surface area contributed by atoms with E-state index in [1.165, 1.54) is 38.5 Å². The first-order chi connectivity index (χ1) is 15.0. The van der Waals surface area contributed by atoms with Crippen molar-refractivity contribution in [3.8, 4) is 0 Å². The van der Waals surface area contributed by atoms with Crippen LogP contribution in [0, 0.1) is 0 Å². The lowest BCUT2D eigenvalue weighted by Crippen LogP contribution is -2.09. The van der Waals surface area contributed by atoms with Crippen molar-refractivity contribution in [1.82, 2.24) is 0 Å². The molecule has 0 saturated heterocycles. The zero-order chi connectivity index (χ0) is 22.5. The lowest BCUT2D eigenvalue weighted by Gasteiger charge is -2.12. The molecule has 0 aliphatic heterocycles. The van der Waals surface area contributed by atoms with Gasteiger partial charge < -0.3 is 9.64 Å². The highest BCUT2D eigenvalue weighted by Gasteiger charge is 2.12. The van der Waals surface area contributed by atoms with Crippen LogP contribution in [0.3, 0.4) is 0 Å². The third-order valence-electron chi connectivity index (χ3n) is 5.31. The van der Waals surface area contributed by atoms with Crippen molar-refractivity contribution >= 4 is 30.1 Å². The predicted molar refractivity (Wildman–Crippen MR) is 132 cm³/mol. The maximum absolute atomic E-state index is 12.6. The molecule has 4 nitrogen and oxygen atoms in total. The fourth-order valence-corrected chi connectivity index (χ4v) is 3.58. The number of hydrogen-bond donors (Lipinski definition) is 1. The van der Waals surface area contributed by atoms with Gasteiger partial charge in [0.25, 0.3) is 0 Å². The van der Waals surface area contributed by atoms with Gasteiger partial charge in [-0.15, -0.1) is 0 Å². The third kappa shape index (κ3) is 8.78. The number of benzene rings is 2. The summed E-state index contributed by atoms with van der Waals surface area (Å²) in [6, 6.07) is 14.2. The Labute approximate surface area is 192 Å². The number of anilines is 1. The molecule has 0 spiro atoms. The normalized spacial score (nSPS) is 10.7. The SMILES string of the molecule is CN(C)c1ccc(C(=O)c2ccc(C(=O)OCCCCCCCCCCS)cc2)cc1. The number of esters is 1. The molecular formula is C26H35NO3S. The van der Waals surface area contributed by atoms with E-state index in [4.69, 9.17) is 4.74 Å². The quantitative estimate of drug-likeness (QED) is 0.164. The van der Waals surface area contributed by atoms with Crippen LogP contribution in [0.1, 0.15) is 77.6 Å². The number of ketones is 1. The third-order valence-corrected chi connectivity index (χ3v) is 5.63. The van der Waals surface area contributed by atoms with Crippen molar-refractivity contribution in [2.45, 2.75) is 51.4 Å². The number of hydrogen-bond acceptors (Lipinski definition) is 5. The maximum atomic E-state index is 12.6. The number of carbonyl (C=O) groups is 2. The van der Waals surface area contributed by atoms with Crippen molar-refractivity contribution in [2.75, 3.05) is 31.4 Å². The second kappa shape index (κ2) is 13.9. The van der Waals surface area contributed by atoms with Crippen molar-refractivity contribution in [1.29, 1.82) is 0 Å². The first kappa shape index (κ1) is 25.0. The number of nitrogens with zero attached hydrogens (tertiary/aromatic N) is 1. The molecule has 0 saturated carbocycles. The number of thiol groups is 1. The van der Waals surface area contributed by atoms with Crippen LogP contribution in [-0.4, -0.2) is 38.2 Å². The Kier molecular flexibility index (Phi) is 11.2. The second-order valence-electron chi connectivity index (χ2n) is 8.04. The van der Waals surface area contributed by atoms with Crippen LogP contribution in [0.15, 0.2) is 48.5 Å². The summed E-state index contributed by atoms with van der Waals surface area (Å²) in [5, 5.41) is 0. The van der Waals surface area contributed by atoms with Gasteiger partial charge in [-0.2, -0.15) is 12.6 Å². The average Bonchev–Trinajstić information content (AvgIpc) is 2.80. The summed E-state index contributed by atoms with van der Waals surface area (Å²) in [5.74, 6) is 0.590. The van der Waals surface area contributed by atoms with Crippen molar-refractivity contribution in [3.63, 3.8) is 0 Å². The Hall–Kier alpha value is -2.27. The molecule has 0 unspecified atom stereocenters. The van der Waals surface area contributed by atoms with E-state index in [1.54, 1.807) is 24.3 Å². The van der Waals surface area contributed by atoms with Gasteiger partial charge in [-0.3, -0.25) is 4.79 Å². The van der Waals surface area contributed by atoms with Gasteiger partial charge in [0.2, 0.25) is 0 Å². The molecule has 0 fully saturated rings. The van der Waals surface area contributed by atoms with Gasteiger partial charge in [-0.05, 0) is 55.0 Å². The smallest absolute Gasteiger partial charge is 0.338 e. The van der Waals surface area contributed by atoms with E-state index in [1.807, 2.05) is 43.3 Å². The summed E-state index contributed by atoms with van der Waals surface area (Å²) in [6.45, 7) is 0.442. The highest BCUT2D eigenvalue weighted by molar-refractivity contribution is 7.80. The molecule has 0 amide bonds. The summed E-state index contributed by atoms with van der Waals surface area (Å²) in [5.41, 5.74) is 2.70. The van der Waals surface area contributed by atoms with Crippen molar-refractivity contribution in [3.05, 3.63) is 65.2 Å². The first-order valence-corrected chi connectivity index (χ1v) is 11.9. The minimum atomic E-state index is -0.332. The van der Waals surface area contributed by atoms with E-state index in [-0.39, 0.29) is 11.8 Å². The monoisotopic (exact) mass is 441 g/mol. The van der Waals surface area contributed by atoms with Crippen LogP contribution in [-0.2, 0) is 4.74 Å². The van der Waals surface area contributed by atoms with Gasteiger partial charge in [0.05, 0.1) is 12.2 Å². The fraction of sp³-hybridized carbons (Fsp3) is 0.462. The first-order valence-electron chi connectivity index (χ1n) is 11.2. The Morgan fingerprint density at radius 3 is 1.68 bits per heavy atom. The average molecular weight is 442 g/mol. The van der Waals surface area contributed by atoms with Crippen LogP contribution < -0.4 is 4.90 Å². The molecule has 0 heterocycles. The van der Waals surface area contributed by atoms with E-state index in [9.17, 15) is 9.59 Å². The van der Waals surface area contributed by atoms with E-state index in [2.05, 4.69) is 12.6 Å². The number of unbranched alkanes of at least 4 members (excludes halogenated alkanes) is 7. The number of carbonyl (C=O) groups excluding carboxylic acids is 2. The van der Waals surface area contributed by atoms with Crippen LogP contribution >= 0.6 is 12.6 Å². The molecule has 2 aromatic rings. The topological polar surface area (TPSA) is 46.6 Å². The minimum Gasteiger partial charge on any atom is -0.462 e. The predicted octanol–water partition coefficient (Wildman–Crippen LogP) is 6.19. The maximum Gasteiger partial charge on any atom is 0.338 e. The highest BCUT2D eigenvalue weighted by atomic mass is 32.1. The Morgan fingerprint density at radius 1 is 0.710 bits per heavy atom. The second-order valence-corrected chi connectivity index (χ2v) is 8.48. The van der Waals surface area contributed by atoms with Gasteiger partial charge in [-0.1, -0.05) is 50.7 Å². The largest absolute Gasteiger partial charge is 0.462 e. The minimum absolute atomic E-state index is 0.0594. The van der Waals surface area contributed by atoms with E-state index in [0.717, 1.165) is 24.3 Å². The van der Waals surface area contributed by atoms with Gasteiger partial charge in [-0.25, -0.2) is 4.79 Å². The summed E-state index contributed by atoms with van der Waals surface area (Å²) in [4.78, 5) is 26.8. The van der Waals surface area contributed by atoms with Crippen LogP contribution in [0.25, 0.3) is 0 Å². The van der Waals surface area contributed by atoms with Gasteiger partial charge in [0.1, 0.15) is 0 Å². The number of ether oxygens (including phenoxy) is 1. The molecule has 2 rings (SSSR count). The van der Waals surface area contributed by atoms with E-state index in [0.29, 0.717) is 23.3 Å². The van der Waals surface area contributed by atoms with Crippen LogP contribution in [0.5, 0.6) is 0 Å². The molecule has 168 valence electrons. The number of rotatable bonds is 14. The highest BCUT2D eigenvalue weighted by Crippen LogP contribution is 2.16. The zero-order valence-corrected chi connectivity index (χ0v) is 19.7. The lowest BCUT2D eigenvalue weighted by atomic mass is 10.0. The van der Waals surface area contributed by atoms with E-state index >= 15 is 0 Å². The van der Waals surface area contributed by atoms with Crippen LogP contribution in [0.4, 0.5) is 5.69 Å². The van der Waals surface area contributed by atoms with Crippen molar-refractivity contribution < 1.29 is 14.3 Å². The molecule has 2 aromatic carbocycles. The molecule has 0 aromatic heterocycles. The van der Waals surface area contributed by atoms with E-state index < -0.39 is 0 Å². The zero-order valence-electron chi connectivity index (χ0n) is 18.8. The lowest BCUT2D eigenvalue weighted by molar-refractivity contribution is 0.0497. The molecule has 0 atom stereocenters. The molecule has 0 N–H and O–H groups in total. The molecule has 0 bridgehead atoms. The molecule has 0 radical (unpaired) electrons. The van der Waals surface area contributed by atoms with Gasteiger partial charge in [0, 0.05) is 30.9 Å². The fourth-order valence-electron chi connectivity index (χ4n) is 3.36. The summed E-state index contributed by atoms with van der Waals surface area (Å²) < 4.78 is 5.37. The summed E-state index contributed by atoms with van der Waals surface area (Å²) in [6.07, 6.45) is 9.45. The summed E-state index contributed by atoms with van der Waals surface area (Å²) in [7, 11) is 3.92. The van der Waals surface area contributed by atoms with Crippen LogP contribution in [0.2, 0.25) is 0 Å².